The normalized spacial score (nSPS) is 21.6. The molecule has 3 heteroatoms. The Morgan fingerprint density at radius 1 is 1.62 bits per heavy atom. The summed E-state index contributed by atoms with van der Waals surface area (Å²) in [7, 11) is 0. The van der Waals surface area contributed by atoms with E-state index in [-0.39, 0.29) is 5.91 Å². The average Bonchev–Trinajstić information content (AvgIpc) is 2.78. The fourth-order valence-electron chi connectivity index (χ4n) is 2.03. The van der Waals surface area contributed by atoms with E-state index in [0.717, 1.165) is 24.4 Å². The second-order valence-corrected chi connectivity index (χ2v) is 5.36. The molecule has 0 saturated carbocycles. The zero-order chi connectivity index (χ0) is 11.4. The van der Waals surface area contributed by atoms with Crippen LogP contribution in [0, 0.1) is 5.92 Å². The van der Waals surface area contributed by atoms with Gasteiger partial charge in [-0.2, -0.15) is 0 Å². The van der Waals surface area contributed by atoms with Crippen LogP contribution in [0.15, 0.2) is 23.6 Å². The molecule has 2 rings (SSSR count). The molecule has 1 atom stereocenters. The number of hydrogen-bond donors (Lipinski definition) is 0. The van der Waals surface area contributed by atoms with Gasteiger partial charge in [0, 0.05) is 24.0 Å². The molecule has 1 aromatic rings. The van der Waals surface area contributed by atoms with Crippen LogP contribution in [0.2, 0.25) is 0 Å². The van der Waals surface area contributed by atoms with Gasteiger partial charge in [-0.15, -0.1) is 11.3 Å². The lowest BCUT2D eigenvalue weighted by Crippen LogP contribution is -2.38. The maximum atomic E-state index is 11.9. The first kappa shape index (κ1) is 11.4. The van der Waals surface area contributed by atoms with E-state index in [9.17, 15) is 4.79 Å². The molecular formula is C13H17NOS. The van der Waals surface area contributed by atoms with E-state index in [1.54, 1.807) is 17.4 Å². The van der Waals surface area contributed by atoms with Gasteiger partial charge in [0.1, 0.15) is 0 Å². The van der Waals surface area contributed by atoms with Crippen LogP contribution >= 0.6 is 11.3 Å². The minimum Gasteiger partial charge on any atom is -0.339 e. The van der Waals surface area contributed by atoms with E-state index in [1.807, 2.05) is 28.5 Å². The quantitative estimate of drug-likeness (QED) is 0.722. The predicted molar refractivity (Wildman–Crippen MR) is 68.3 cm³/mol. The Morgan fingerprint density at radius 2 is 2.50 bits per heavy atom. The van der Waals surface area contributed by atoms with Crippen molar-refractivity contribution in [1.29, 1.82) is 0 Å². The number of amides is 1. The molecule has 1 aliphatic heterocycles. The maximum Gasteiger partial charge on any atom is 0.246 e. The topological polar surface area (TPSA) is 20.3 Å². The van der Waals surface area contributed by atoms with Crippen LogP contribution in [0.3, 0.4) is 0 Å². The predicted octanol–water partition coefficient (Wildman–Crippen LogP) is 3.02. The van der Waals surface area contributed by atoms with Crippen molar-refractivity contribution in [1.82, 2.24) is 4.90 Å². The van der Waals surface area contributed by atoms with Crippen molar-refractivity contribution < 1.29 is 4.79 Å². The molecule has 1 amide bonds. The summed E-state index contributed by atoms with van der Waals surface area (Å²) < 4.78 is 0. The number of thiophene rings is 1. The van der Waals surface area contributed by atoms with Crippen molar-refractivity contribution in [3.63, 3.8) is 0 Å². The summed E-state index contributed by atoms with van der Waals surface area (Å²) in [4.78, 5) is 15.0. The number of hydrogen-bond acceptors (Lipinski definition) is 2. The van der Waals surface area contributed by atoms with Crippen LogP contribution in [0.25, 0.3) is 6.08 Å². The first-order valence-corrected chi connectivity index (χ1v) is 6.64. The molecule has 0 aliphatic carbocycles. The monoisotopic (exact) mass is 235 g/mol. The van der Waals surface area contributed by atoms with Gasteiger partial charge in [0.05, 0.1) is 0 Å². The molecule has 1 saturated heterocycles. The summed E-state index contributed by atoms with van der Waals surface area (Å²) in [6.07, 6.45) is 5.99. The lowest BCUT2D eigenvalue weighted by atomic mass is 10.0. The highest BCUT2D eigenvalue weighted by Gasteiger charge is 2.18. The van der Waals surface area contributed by atoms with Gasteiger partial charge in [0.15, 0.2) is 0 Å². The summed E-state index contributed by atoms with van der Waals surface area (Å²) in [6.45, 7) is 4.04. The number of likely N-dealkylation sites (tertiary alicyclic amines) is 1. The highest BCUT2D eigenvalue weighted by Crippen LogP contribution is 2.16. The fourth-order valence-corrected chi connectivity index (χ4v) is 2.65. The van der Waals surface area contributed by atoms with Gasteiger partial charge in [0.2, 0.25) is 5.91 Å². The smallest absolute Gasteiger partial charge is 0.246 e. The van der Waals surface area contributed by atoms with Crippen molar-refractivity contribution >= 4 is 23.3 Å². The van der Waals surface area contributed by atoms with Crippen molar-refractivity contribution in [2.75, 3.05) is 13.1 Å². The van der Waals surface area contributed by atoms with Crippen LogP contribution in [0.5, 0.6) is 0 Å². The van der Waals surface area contributed by atoms with E-state index < -0.39 is 0 Å². The number of rotatable bonds is 2. The van der Waals surface area contributed by atoms with Gasteiger partial charge in [-0.1, -0.05) is 13.0 Å². The molecule has 1 unspecified atom stereocenters. The highest BCUT2D eigenvalue weighted by molar-refractivity contribution is 7.10. The number of carbonyl (C=O) groups is 1. The van der Waals surface area contributed by atoms with Crippen molar-refractivity contribution in [3.05, 3.63) is 28.5 Å². The van der Waals surface area contributed by atoms with E-state index in [0.29, 0.717) is 5.92 Å². The summed E-state index contributed by atoms with van der Waals surface area (Å²) >= 11 is 1.65. The van der Waals surface area contributed by atoms with Gasteiger partial charge >= 0.3 is 0 Å². The average molecular weight is 235 g/mol. The second-order valence-electron chi connectivity index (χ2n) is 4.38. The first-order valence-electron chi connectivity index (χ1n) is 5.76. The lowest BCUT2D eigenvalue weighted by Gasteiger charge is -2.30. The Balaban J connectivity index is 1.92. The maximum absolute atomic E-state index is 11.9. The Kier molecular flexibility index (Phi) is 3.78. The molecule has 86 valence electrons. The van der Waals surface area contributed by atoms with Crippen molar-refractivity contribution in [3.8, 4) is 0 Å². The third-order valence-corrected chi connectivity index (χ3v) is 3.74. The summed E-state index contributed by atoms with van der Waals surface area (Å²) in [5.74, 6) is 0.799. The van der Waals surface area contributed by atoms with Crippen LogP contribution in [-0.2, 0) is 4.79 Å². The molecule has 16 heavy (non-hydrogen) atoms. The third kappa shape index (κ3) is 2.95. The van der Waals surface area contributed by atoms with Gasteiger partial charge in [-0.05, 0) is 36.3 Å². The number of nitrogens with zero attached hydrogens (tertiary/aromatic N) is 1. The summed E-state index contributed by atoms with van der Waals surface area (Å²) in [6, 6.07) is 4.02. The molecule has 1 aromatic heterocycles. The number of piperidine rings is 1. The second kappa shape index (κ2) is 5.30. The zero-order valence-corrected chi connectivity index (χ0v) is 10.4. The Hall–Kier alpha value is -1.09. The van der Waals surface area contributed by atoms with Gasteiger partial charge in [-0.3, -0.25) is 4.79 Å². The van der Waals surface area contributed by atoms with Crippen molar-refractivity contribution in [2.24, 2.45) is 5.92 Å². The minimum absolute atomic E-state index is 0.153. The van der Waals surface area contributed by atoms with Crippen LogP contribution in [0.1, 0.15) is 24.6 Å². The largest absolute Gasteiger partial charge is 0.339 e. The SMILES string of the molecule is CC1CCCN(C(=O)C=Cc2cccs2)C1. The van der Waals surface area contributed by atoms with Gasteiger partial charge in [0.25, 0.3) is 0 Å². The molecule has 0 radical (unpaired) electrons. The molecule has 0 aromatic carbocycles. The van der Waals surface area contributed by atoms with Gasteiger partial charge in [-0.25, -0.2) is 0 Å². The standard InChI is InChI=1S/C13H17NOS/c1-11-4-2-8-14(10-11)13(15)7-6-12-5-3-9-16-12/h3,5-7,9,11H,2,4,8,10H2,1H3. The van der Waals surface area contributed by atoms with Crippen molar-refractivity contribution in [2.45, 2.75) is 19.8 Å². The molecule has 0 N–H and O–H groups in total. The fraction of sp³-hybridized carbons (Fsp3) is 0.462. The molecule has 1 aliphatic rings. The molecule has 2 nitrogen and oxygen atoms in total. The summed E-state index contributed by atoms with van der Waals surface area (Å²) in [5, 5.41) is 2.02. The van der Waals surface area contributed by atoms with E-state index in [2.05, 4.69) is 6.92 Å². The van der Waals surface area contributed by atoms with Gasteiger partial charge < -0.3 is 4.90 Å². The van der Waals surface area contributed by atoms with E-state index in [4.69, 9.17) is 0 Å². The molecule has 1 fully saturated rings. The number of carbonyl (C=O) groups excluding carboxylic acids is 1. The molecule has 0 spiro atoms. The lowest BCUT2D eigenvalue weighted by molar-refractivity contribution is -0.127. The zero-order valence-electron chi connectivity index (χ0n) is 9.56. The molecule has 2 heterocycles. The Labute approximate surface area is 101 Å². The first-order chi connectivity index (χ1) is 7.75. The highest BCUT2D eigenvalue weighted by atomic mass is 32.1. The molecular weight excluding hydrogens is 218 g/mol. The third-order valence-electron chi connectivity index (χ3n) is 2.90. The van der Waals surface area contributed by atoms with E-state index >= 15 is 0 Å². The van der Waals surface area contributed by atoms with Crippen LogP contribution in [0.4, 0.5) is 0 Å². The minimum atomic E-state index is 0.153. The van der Waals surface area contributed by atoms with Crippen LogP contribution in [-0.4, -0.2) is 23.9 Å². The molecule has 0 bridgehead atoms. The Morgan fingerprint density at radius 3 is 3.19 bits per heavy atom. The van der Waals surface area contributed by atoms with Crippen LogP contribution < -0.4 is 0 Å². The van der Waals surface area contributed by atoms with E-state index in [1.165, 1.54) is 6.42 Å². The summed E-state index contributed by atoms with van der Waals surface area (Å²) in [5.41, 5.74) is 0. The Bertz CT molecular complexity index is 369.